The van der Waals surface area contributed by atoms with Gasteiger partial charge in [0.25, 0.3) is 5.91 Å². The van der Waals surface area contributed by atoms with Gasteiger partial charge in [0.05, 0.1) is 10.7 Å². The highest BCUT2D eigenvalue weighted by atomic mass is 35.5. The first-order valence-electron chi connectivity index (χ1n) is 7.60. The molecule has 1 aromatic rings. The maximum Gasteiger partial charge on any atom is 0.261 e. The van der Waals surface area contributed by atoms with Crippen molar-refractivity contribution in [3.8, 4) is 0 Å². The van der Waals surface area contributed by atoms with Crippen LogP contribution < -0.4 is 16.8 Å². The minimum absolute atomic E-state index is 0.0553. The topological polar surface area (TPSA) is 93.5 Å². The van der Waals surface area contributed by atoms with Gasteiger partial charge in [-0.3, -0.25) is 9.79 Å². The van der Waals surface area contributed by atoms with Crippen LogP contribution in [-0.4, -0.2) is 18.8 Å². The van der Waals surface area contributed by atoms with Crippen molar-refractivity contribution in [2.24, 2.45) is 28.3 Å². The van der Waals surface area contributed by atoms with Crippen molar-refractivity contribution in [3.63, 3.8) is 0 Å². The number of aliphatic imine (C=N–C) groups is 1. The quantitative estimate of drug-likeness (QED) is 0.443. The molecule has 0 bridgehead atoms. The first-order valence-corrected chi connectivity index (χ1v) is 7.98. The molecule has 1 saturated carbocycles. The highest BCUT2D eigenvalue weighted by Gasteiger charge is 2.41. The number of amidine groups is 1. The number of rotatable bonds is 4. The standard InChI is InChI=1S/C17H18ClFN4O/c1-22-16(21)14(15(20)10-5-8-4-9(8)6-10)17(24)23-11-2-3-13(19)12(18)7-11/h2-3,5,7-9H,4,6,20H2,1H3,(H2,21,22)(H,23,24). The Labute approximate surface area is 144 Å². The fraction of sp³-hybridized carbons (Fsp3) is 0.294. The van der Waals surface area contributed by atoms with Gasteiger partial charge in [-0.15, -0.1) is 0 Å². The van der Waals surface area contributed by atoms with Crippen molar-refractivity contribution < 1.29 is 9.18 Å². The average molecular weight is 349 g/mol. The first-order chi connectivity index (χ1) is 11.4. The van der Waals surface area contributed by atoms with Crippen LogP contribution in [0.3, 0.4) is 0 Å². The van der Waals surface area contributed by atoms with Gasteiger partial charge in [-0.25, -0.2) is 4.39 Å². The predicted molar refractivity (Wildman–Crippen MR) is 93.1 cm³/mol. The molecule has 2 aliphatic carbocycles. The van der Waals surface area contributed by atoms with E-state index in [1.807, 2.05) is 0 Å². The van der Waals surface area contributed by atoms with E-state index in [1.54, 1.807) is 0 Å². The van der Waals surface area contributed by atoms with Gasteiger partial charge in [0, 0.05) is 12.7 Å². The summed E-state index contributed by atoms with van der Waals surface area (Å²) in [6.07, 6.45) is 4.14. The summed E-state index contributed by atoms with van der Waals surface area (Å²) in [5, 5.41) is 2.55. The number of nitrogens with zero attached hydrogens (tertiary/aromatic N) is 1. The van der Waals surface area contributed by atoms with E-state index in [1.165, 1.54) is 31.7 Å². The van der Waals surface area contributed by atoms with Crippen molar-refractivity contribution in [1.29, 1.82) is 0 Å². The molecule has 5 N–H and O–H groups in total. The van der Waals surface area contributed by atoms with Crippen LogP contribution in [0.4, 0.5) is 10.1 Å². The zero-order valence-electron chi connectivity index (χ0n) is 13.1. The number of benzene rings is 1. The first kappa shape index (κ1) is 16.5. The van der Waals surface area contributed by atoms with Crippen molar-refractivity contribution in [3.05, 3.63) is 52.0 Å². The molecular weight excluding hydrogens is 331 g/mol. The van der Waals surface area contributed by atoms with Gasteiger partial charge < -0.3 is 16.8 Å². The molecule has 1 fully saturated rings. The molecule has 2 aliphatic rings. The molecule has 7 heteroatoms. The lowest BCUT2D eigenvalue weighted by Crippen LogP contribution is -2.30. The molecule has 3 rings (SSSR count). The van der Waals surface area contributed by atoms with Gasteiger partial charge in [-0.1, -0.05) is 17.7 Å². The molecule has 0 saturated heterocycles. The van der Waals surface area contributed by atoms with Crippen molar-refractivity contribution in [2.75, 3.05) is 12.4 Å². The van der Waals surface area contributed by atoms with Crippen molar-refractivity contribution >= 4 is 29.0 Å². The minimum atomic E-state index is -0.560. The number of nitrogens with one attached hydrogen (secondary N) is 1. The minimum Gasteiger partial charge on any atom is -0.398 e. The Balaban J connectivity index is 1.89. The van der Waals surface area contributed by atoms with Gasteiger partial charge in [-0.05, 0) is 48.4 Å². The van der Waals surface area contributed by atoms with Crippen LogP contribution in [0.15, 0.2) is 46.1 Å². The number of halogens is 2. The molecule has 0 radical (unpaired) electrons. The monoisotopic (exact) mass is 348 g/mol. The normalized spacial score (nSPS) is 23.3. The number of hydrogen-bond acceptors (Lipinski definition) is 3. The fourth-order valence-electron chi connectivity index (χ4n) is 2.93. The summed E-state index contributed by atoms with van der Waals surface area (Å²) >= 11 is 5.73. The lowest BCUT2D eigenvalue weighted by molar-refractivity contribution is -0.112. The third kappa shape index (κ3) is 3.14. The Morgan fingerprint density at radius 3 is 2.75 bits per heavy atom. The lowest BCUT2D eigenvalue weighted by atomic mass is 10.0. The molecule has 1 amide bonds. The van der Waals surface area contributed by atoms with E-state index in [0.29, 0.717) is 23.2 Å². The SMILES string of the molecule is CN=C(N)C(C(=O)Nc1ccc(F)c(Cl)c1)=C(N)C1=CC2CC2C1. The molecule has 1 aromatic carbocycles. The summed E-state index contributed by atoms with van der Waals surface area (Å²) in [6, 6.07) is 3.91. The molecule has 0 aromatic heterocycles. The van der Waals surface area contributed by atoms with Crippen LogP contribution in [-0.2, 0) is 4.79 Å². The molecule has 0 spiro atoms. The van der Waals surface area contributed by atoms with E-state index in [-0.39, 0.29) is 16.4 Å². The number of amides is 1. The number of carbonyl (C=O) groups is 1. The van der Waals surface area contributed by atoms with E-state index < -0.39 is 11.7 Å². The second-order valence-electron chi connectivity index (χ2n) is 6.04. The van der Waals surface area contributed by atoms with Gasteiger partial charge in [0.15, 0.2) is 0 Å². The van der Waals surface area contributed by atoms with Crippen LogP contribution in [0.25, 0.3) is 0 Å². The smallest absolute Gasteiger partial charge is 0.261 e. The molecule has 0 aliphatic heterocycles. The Bertz CT molecular complexity index is 800. The summed E-state index contributed by atoms with van der Waals surface area (Å²) in [6.45, 7) is 0. The number of fused-ring (bicyclic) bond motifs is 1. The van der Waals surface area contributed by atoms with E-state index >= 15 is 0 Å². The van der Waals surface area contributed by atoms with Crippen molar-refractivity contribution in [1.82, 2.24) is 0 Å². The summed E-state index contributed by atoms with van der Waals surface area (Å²) in [4.78, 5) is 16.5. The number of anilines is 1. The number of allylic oxidation sites excluding steroid dienone is 2. The number of hydrogen-bond donors (Lipinski definition) is 3. The maximum absolute atomic E-state index is 13.2. The van der Waals surface area contributed by atoms with Crippen LogP contribution in [0.2, 0.25) is 5.02 Å². The summed E-state index contributed by atoms with van der Waals surface area (Å²) < 4.78 is 13.2. The van der Waals surface area contributed by atoms with E-state index in [2.05, 4.69) is 16.4 Å². The Morgan fingerprint density at radius 1 is 1.42 bits per heavy atom. The third-order valence-corrected chi connectivity index (χ3v) is 4.68. The van der Waals surface area contributed by atoms with E-state index in [4.69, 9.17) is 23.1 Å². The van der Waals surface area contributed by atoms with Crippen LogP contribution in [0.5, 0.6) is 0 Å². The van der Waals surface area contributed by atoms with Gasteiger partial charge in [0.2, 0.25) is 0 Å². The summed E-state index contributed by atoms with van der Waals surface area (Å²) in [5.41, 5.74) is 13.8. The van der Waals surface area contributed by atoms with Gasteiger partial charge >= 0.3 is 0 Å². The van der Waals surface area contributed by atoms with Crippen LogP contribution >= 0.6 is 11.6 Å². The Kier molecular flexibility index (Phi) is 4.32. The largest absolute Gasteiger partial charge is 0.398 e. The Hall–Kier alpha value is -2.34. The third-order valence-electron chi connectivity index (χ3n) is 4.39. The molecule has 2 atom stereocenters. The van der Waals surface area contributed by atoms with Crippen LogP contribution in [0.1, 0.15) is 12.8 Å². The highest BCUT2D eigenvalue weighted by Crippen LogP contribution is 2.51. The summed E-state index contributed by atoms with van der Waals surface area (Å²) in [7, 11) is 1.49. The molecule has 126 valence electrons. The van der Waals surface area contributed by atoms with Crippen LogP contribution in [0, 0.1) is 17.7 Å². The highest BCUT2D eigenvalue weighted by molar-refractivity contribution is 6.31. The van der Waals surface area contributed by atoms with Gasteiger partial charge in [0.1, 0.15) is 17.2 Å². The Morgan fingerprint density at radius 2 is 2.17 bits per heavy atom. The molecule has 24 heavy (non-hydrogen) atoms. The van der Waals surface area contributed by atoms with Crippen molar-refractivity contribution in [2.45, 2.75) is 12.8 Å². The predicted octanol–water partition coefficient (Wildman–Crippen LogP) is 2.58. The molecular formula is C17H18ClFN4O. The van der Waals surface area contributed by atoms with Gasteiger partial charge in [-0.2, -0.15) is 0 Å². The second-order valence-corrected chi connectivity index (χ2v) is 6.44. The zero-order chi connectivity index (χ0) is 17.4. The maximum atomic E-state index is 13.2. The second kappa shape index (κ2) is 6.28. The van der Waals surface area contributed by atoms with E-state index in [0.717, 1.165) is 12.0 Å². The lowest BCUT2D eigenvalue weighted by Gasteiger charge is -2.14. The summed E-state index contributed by atoms with van der Waals surface area (Å²) in [5.74, 6) is 0.200. The molecule has 0 heterocycles. The van der Waals surface area contributed by atoms with E-state index in [9.17, 15) is 9.18 Å². The fourth-order valence-corrected chi connectivity index (χ4v) is 3.12. The zero-order valence-corrected chi connectivity index (χ0v) is 13.9. The average Bonchev–Trinajstić information content (AvgIpc) is 3.16. The molecule has 2 unspecified atom stereocenters. The number of carbonyl (C=O) groups excluding carboxylic acids is 1. The number of nitrogens with two attached hydrogens (primary N) is 2. The molecule has 5 nitrogen and oxygen atoms in total.